The van der Waals surface area contributed by atoms with Gasteiger partial charge in [0, 0.05) is 25.0 Å². The van der Waals surface area contributed by atoms with E-state index in [2.05, 4.69) is 23.8 Å². The van der Waals surface area contributed by atoms with Gasteiger partial charge in [0.05, 0.1) is 0 Å². The van der Waals surface area contributed by atoms with Crippen molar-refractivity contribution in [3.63, 3.8) is 0 Å². The minimum atomic E-state index is 0.367. The number of rotatable bonds is 4. The van der Waals surface area contributed by atoms with Gasteiger partial charge in [0.15, 0.2) is 0 Å². The smallest absolute Gasteiger partial charge is 0.0295 e. The Morgan fingerprint density at radius 3 is 2.83 bits per heavy atom. The van der Waals surface area contributed by atoms with Crippen LogP contribution in [0.2, 0.25) is 0 Å². The van der Waals surface area contributed by atoms with Gasteiger partial charge >= 0.3 is 0 Å². The maximum atomic E-state index is 3.96. The van der Waals surface area contributed by atoms with Crippen LogP contribution in [0.4, 0.5) is 0 Å². The van der Waals surface area contributed by atoms with E-state index in [1.54, 1.807) is 12.4 Å². The van der Waals surface area contributed by atoms with Crippen LogP contribution in [0.15, 0.2) is 37.2 Å². The number of nitrogens with one attached hydrogen (secondary N) is 1. The molecule has 1 rings (SSSR count). The maximum absolute atomic E-state index is 3.96. The van der Waals surface area contributed by atoms with Crippen LogP contribution in [-0.2, 0) is 0 Å². The molecule has 1 N–H and O–H groups in total. The number of hydrogen-bond donors (Lipinski definition) is 1. The van der Waals surface area contributed by atoms with Crippen molar-refractivity contribution < 1.29 is 0 Å². The highest BCUT2D eigenvalue weighted by atomic mass is 14.9. The van der Waals surface area contributed by atoms with Gasteiger partial charge in [-0.3, -0.25) is 4.98 Å². The molecule has 0 bridgehead atoms. The van der Waals surface area contributed by atoms with E-state index in [9.17, 15) is 0 Å². The molecule has 0 saturated heterocycles. The molecule has 64 valence electrons. The van der Waals surface area contributed by atoms with Crippen molar-refractivity contribution in [1.29, 1.82) is 0 Å². The number of nitrogens with zero attached hydrogens (tertiary/aromatic N) is 1. The molecule has 0 aromatic carbocycles. The van der Waals surface area contributed by atoms with Crippen molar-refractivity contribution in [3.05, 3.63) is 42.7 Å². The average Bonchev–Trinajstić information content (AvgIpc) is 2.15. The fourth-order valence-electron chi connectivity index (χ4n) is 1.03. The second kappa shape index (κ2) is 4.67. The normalized spacial score (nSPS) is 12.4. The summed E-state index contributed by atoms with van der Waals surface area (Å²) in [6.45, 7) is 6.61. The molecule has 2 heteroatoms. The summed E-state index contributed by atoms with van der Waals surface area (Å²) in [6, 6.07) is 4.40. The Hall–Kier alpha value is -1.15. The zero-order chi connectivity index (χ0) is 8.81. The molecule has 0 radical (unpaired) electrons. The molecule has 12 heavy (non-hydrogen) atoms. The Morgan fingerprint density at radius 1 is 1.58 bits per heavy atom. The monoisotopic (exact) mass is 162 g/mol. The fraction of sp³-hybridized carbons (Fsp3) is 0.300. The lowest BCUT2D eigenvalue weighted by Gasteiger charge is -2.11. The quantitative estimate of drug-likeness (QED) is 0.684. The van der Waals surface area contributed by atoms with Crippen molar-refractivity contribution in [2.24, 2.45) is 0 Å². The van der Waals surface area contributed by atoms with Crippen molar-refractivity contribution in [2.45, 2.75) is 13.0 Å². The lowest BCUT2D eigenvalue weighted by atomic mass is 10.1. The Bertz CT molecular complexity index is 231. The van der Waals surface area contributed by atoms with Crippen molar-refractivity contribution >= 4 is 0 Å². The van der Waals surface area contributed by atoms with Crippen LogP contribution in [-0.4, -0.2) is 11.5 Å². The van der Waals surface area contributed by atoms with Gasteiger partial charge in [0.25, 0.3) is 0 Å². The van der Waals surface area contributed by atoms with Crippen LogP contribution in [0.5, 0.6) is 0 Å². The summed E-state index contributed by atoms with van der Waals surface area (Å²) >= 11 is 0. The molecule has 1 aromatic heterocycles. The highest BCUT2D eigenvalue weighted by molar-refractivity contribution is 5.13. The van der Waals surface area contributed by atoms with Gasteiger partial charge in [-0.05, 0) is 24.6 Å². The minimum absolute atomic E-state index is 0.367. The highest BCUT2D eigenvalue weighted by Crippen LogP contribution is 2.08. The third-order valence-corrected chi connectivity index (χ3v) is 1.77. The predicted octanol–water partition coefficient (Wildman–Crippen LogP) is 1.92. The first-order chi connectivity index (χ1) is 5.84. The van der Waals surface area contributed by atoms with Crippen molar-refractivity contribution in [2.75, 3.05) is 6.54 Å². The van der Waals surface area contributed by atoms with Crippen molar-refractivity contribution in [3.8, 4) is 0 Å². The summed E-state index contributed by atoms with van der Waals surface area (Å²) in [6.07, 6.45) is 5.47. The third-order valence-electron chi connectivity index (χ3n) is 1.77. The molecule has 1 heterocycles. The zero-order valence-electron chi connectivity index (χ0n) is 7.33. The van der Waals surface area contributed by atoms with Gasteiger partial charge in [0.1, 0.15) is 0 Å². The number of aromatic nitrogens is 1. The fourth-order valence-corrected chi connectivity index (χ4v) is 1.03. The average molecular weight is 162 g/mol. The maximum Gasteiger partial charge on any atom is 0.0295 e. The summed E-state index contributed by atoms with van der Waals surface area (Å²) in [5.41, 5.74) is 1.26. The van der Waals surface area contributed by atoms with Gasteiger partial charge in [-0.25, -0.2) is 0 Å². The van der Waals surface area contributed by atoms with Gasteiger partial charge < -0.3 is 5.32 Å². The Morgan fingerprint density at radius 2 is 2.25 bits per heavy atom. The molecular formula is C10H14N2. The Kier molecular flexibility index (Phi) is 3.48. The first-order valence-electron chi connectivity index (χ1n) is 4.09. The van der Waals surface area contributed by atoms with E-state index in [1.165, 1.54) is 5.56 Å². The molecule has 0 aliphatic heterocycles. The number of hydrogen-bond acceptors (Lipinski definition) is 2. The second-order valence-electron chi connectivity index (χ2n) is 2.70. The predicted molar refractivity (Wildman–Crippen MR) is 50.9 cm³/mol. The minimum Gasteiger partial charge on any atom is -0.307 e. The first-order valence-corrected chi connectivity index (χ1v) is 4.09. The summed E-state index contributed by atoms with van der Waals surface area (Å²) < 4.78 is 0. The molecular weight excluding hydrogens is 148 g/mol. The van der Waals surface area contributed by atoms with Crippen LogP contribution in [0.3, 0.4) is 0 Å². The van der Waals surface area contributed by atoms with Crippen LogP contribution in [0, 0.1) is 0 Å². The molecule has 0 aliphatic carbocycles. The molecule has 0 spiro atoms. The summed E-state index contributed by atoms with van der Waals surface area (Å²) in [4.78, 5) is 3.96. The lowest BCUT2D eigenvalue weighted by molar-refractivity contribution is 0.617. The lowest BCUT2D eigenvalue weighted by Crippen LogP contribution is -2.18. The van der Waals surface area contributed by atoms with E-state index in [-0.39, 0.29) is 0 Å². The molecule has 0 amide bonds. The molecule has 1 aromatic rings. The topological polar surface area (TPSA) is 24.9 Å². The van der Waals surface area contributed by atoms with E-state index in [4.69, 9.17) is 0 Å². The third kappa shape index (κ3) is 2.47. The van der Waals surface area contributed by atoms with Crippen LogP contribution in [0.25, 0.3) is 0 Å². The van der Waals surface area contributed by atoms with E-state index in [1.807, 2.05) is 18.2 Å². The van der Waals surface area contributed by atoms with Gasteiger partial charge in [-0.1, -0.05) is 6.08 Å². The standard InChI is InChI=1S/C10H14N2/c1-3-6-12-9(2)10-4-7-11-8-5-10/h3-5,7-9,12H,1,6H2,2H3/t9-/m1/s1. The number of pyridine rings is 1. The van der Waals surface area contributed by atoms with Crippen LogP contribution < -0.4 is 5.32 Å². The molecule has 0 fully saturated rings. The van der Waals surface area contributed by atoms with E-state index < -0.39 is 0 Å². The first kappa shape index (κ1) is 8.94. The summed E-state index contributed by atoms with van der Waals surface area (Å²) in [5, 5.41) is 3.30. The molecule has 0 unspecified atom stereocenters. The van der Waals surface area contributed by atoms with E-state index in [0.717, 1.165) is 6.54 Å². The van der Waals surface area contributed by atoms with Gasteiger partial charge in [-0.15, -0.1) is 6.58 Å². The van der Waals surface area contributed by atoms with Gasteiger partial charge in [-0.2, -0.15) is 0 Å². The summed E-state index contributed by atoms with van der Waals surface area (Å²) in [5.74, 6) is 0. The highest BCUT2D eigenvalue weighted by Gasteiger charge is 2.00. The second-order valence-corrected chi connectivity index (χ2v) is 2.70. The van der Waals surface area contributed by atoms with E-state index in [0.29, 0.717) is 6.04 Å². The Labute approximate surface area is 73.3 Å². The van der Waals surface area contributed by atoms with Crippen LogP contribution >= 0.6 is 0 Å². The molecule has 0 aliphatic rings. The molecule has 0 saturated carbocycles. The van der Waals surface area contributed by atoms with E-state index >= 15 is 0 Å². The SMILES string of the molecule is C=CCN[C@H](C)c1ccncc1. The zero-order valence-corrected chi connectivity index (χ0v) is 7.33. The molecule has 2 nitrogen and oxygen atoms in total. The Balaban J connectivity index is 2.53. The largest absolute Gasteiger partial charge is 0.307 e. The summed E-state index contributed by atoms with van der Waals surface area (Å²) in [7, 11) is 0. The van der Waals surface area contributed by atoms with Crippen molar-refractivity contribution in [1.82, 2.24) is 10.3 Å². The molecule has 1 atom stereocenters. The van der Waals surface area contributed by atoms with Crippen LogP contribution in [0.1, 0.15) is 18.5 Å². The van der Waals surface area contributed by atoms with Gasteiger partial charge in [0.2, 0.25) is 0 Å².